The molecule has 0 radical (unpaired) electrons. The van der Waals surface area contributed by atoms with Gasteiger partial charge in [-0.1, -0.05) is 0 Å². The van der Waals surface area contributed by atoms with Crippen molar-refractivity contribution in [3.8, 4) is 0 Å². The van der Waals surface area contributed by atoms with E-state index in [1.165, 1.54) is 0 Å². The highest BCUT2D eigenvalue weighted by Crippen LogP contribution is 2.32. The Morgan fingerprint density at radius 2 is 2.11 bits per heavy atom. The Morgan fingerprint density at radius 1 is 1.44 bits per heavy atom. The summed E-state index contributed by atoms with van der Waals surface area (Å²) in [6.45, 7) is 0.235. The highest BCUT2D eigenvalue weighted by Gasteiger charge is 2.34. The number of ether oxygens (including phenoxy) is 1. The molecule has 0 aromatic heterocycles. The van der Waals surface area contributed by atoms with E-state index in [9.17, 15) is 5.11 Å². The van der Waals surface area contributed by atoms with Crippen LogP contribution in [-0.4, -0.2) is 29.2 Å². The molecule has 1 aliphatic rings. The zero-order valence-corrected chi connectivity index (χ0v) is 5.34. The number of aliphatic hydroxyl groups is 2. The Hall–Kier alpha value is -0.120. The van der Waals surface area contributed by atoms with Crippen LogP contribution in [0.4, 0.5) is 0 Å². The van der Waals surface area contributed by atoms with E-state index in [2.05, 4.69) is 0 Å². The van der Waals surface area contributed by atoms with Gasteiger partial charge < -0.3 is 14.9 Å². The second-order valence-corrected chi connectivity index (χ2v) is 2.37. The van der Waals surface area contributed by atoms with Crippen LogP contribution in [0.15, 0.2) is 0 Å². The Morgan fingerprint density at radius 3 is 2.44 bits per heavy atom. The van der Waals surface area contributed by atoms with Crippen molar-refractivity contribution in [1.82, 2.24) is 0 Å². The zero-order valence-electron chi connectivity index (χ0n) is 5.34. The number of hydrogen-bond donors (Lipinski definition) is 2. The minimum absolute atomic E-state index is 0.0116. The summed E-state index contributed by atoms with van der Waals surface area (Å²) in [6.07, 6.45) is 2.46. The van der Waals surface area contributed by atoms with Gasteiger partial charge in [-0.15, -0.1) is 0 Å². The van der Waals surface area contributed by atoms with E-state index in [0.717, 1.165) is 6.42 Å². The molecule has 1 fully saturated rings. The van der Waals surface area contributed by atoms with Crippen molar-refractivity contribution in [1.29, 1.82) is 0 Å². The fourth-order valence-corrected chi connectivity index (χ4v) is 0.859. The normalized spacial score (nSPS) is 23.3. The molecular weight excluding hydrogens is 120 g/mol. The van der Waals surface area contributed by atoms with Gasteiger partial charge in [-0.05, 0) is 6.42 Å². The maximum atomic E-state index is 9.21. The average Bonchev–Trinajstić information content (AvgIpc) is 1.79. The topological polar surface area (TPSA) is 49.7 Å². The smallest absolute Gasteiger partial charge is 0.165 e. The third-order valence-corrected chi connectivity index (χ3v) is 1.60. The molecule has 0 unspecified atom stereocenters. The predicted molar refractivity (Wildman–Crippen MR) is 31.8 cm³/mol. The molecule has 0 atom stereocenters. The predicted octanol–water partition coefficient (Wildman–Crippen LogP) is -0.132. The average molecular weight is 132 g/mol. The summed E-state index contributed by atoms with van der Waals surface area (Å²) in [5, 5.41) is 17.5. The number of aliphatic hydroxyl groups excluding tert-OH is 1. The quantitative estimate of drug-likeness (QED) is 0.526. The fourth-order valence-electron chi connectivity index (χ4n) is 0.859. The van der Waals surface area contributed by atoms with Gasteiger partial charge in [0.25, 0.3) is 0 Å². The lowest BCUT2D eigenvalue weighted by atomic mass is 9.92. The van der Waals surface area contributed by atoms with E-state index in [4.69, 9.17) is 9.84 Å². The first-order valence-electron chi connectivity index (χ1n) is 3.24. The Bertz CT molecular complexity index is 88.3. The van der Waals surface area contributed by atoms with Crippen molar-refractivity contribution < 1.29 is 14.9 Å². The van der Waals surface area contributed by atoms with Crippen LogP contribution in [0, 0.1) is 0 Å². The Kier molecular flexibility index (Phi) is 2.05. The van der Waals surface area contributed by atoms with Crippen molar-refractivity contribution in [2.24, 2.45) is 0 Å². The Labute approximate surface area is 54.3 Å². The largest absolute Gasteiger partial charge is 0.394 e. The molecule has 3 nitrogen and oxygen atoms in total. The van der Waals surface area contributed by atoms with Gasteiger partial charge in [-0.2, -0.15) is 0 Å². The van der Waals surface area contributed by atoms with Crippen molar-refractivity contribution in [3.63, 3.8) is 0 Å². The molecule has 0 heterocycles. The van der Waals surface area contributed by atoms with Gasteiger partial charge in [0, 0.05) is 12.8 Å². The second-order valence-electron chi connectivity index (χ2n) is 2.37. The fraction of sp³-hybridized carbons (Fsp3) is 1.00. The van der Waals surface area contributed by atoms with Crippen LogP contribution in [-0.2, 0) is 4.74 Å². The molecule has 2 N–H and O–H groups in total. The van der Waals surface area contributed by atoms with Crippen LogP contribution in [0.1, 0.15) is 19.3 Å². The molecule has 0 bridgehead atoms. The van der Waals surface area contributed by atoms with Gasteiger partial charge in [-0.25, -0.2) is 0 Å². The summed E-state index contributed by atoms with van der Waals surface area (Å²) < 4.78 is 4.92. The third-order valence-electron chi connectivity index (χ3n) is 1.60. The minimum atomic E-state index is -0.886. The first-order valence-corrected chi connectivity index (χ1v) is 3.24. The molecular formula is C6H12O3. The molecule has 9 heavy (non-hydrogen) atoms. The molecule has 0 amide bonds. The van der Waals surface area contributed by atoms with Crippen LogP contribution in [0.5, 0.6) is 0 Å². The molecule has 1 saturated carbocycles. The second kappa shape index (κ2) is 2.64. The number of hydrogen-bond acceptors (Lipinski definition) is 3. The highest BCUT2D eigenvalue weighted by atomic mass is 16.6. The van der Waals surface area contributed by atoms with Gasteiger partial charge in [0.15, 0.2) is 5.79 Å². The molecule has 0 aromatic rings. The molecule has 0 spiro atoms. The maximum Gasteiger partial charge on any atom is 0.165 e. The van der Waals surface area contributed by atoms with Gasteiger partial charge >= 0.3 is 0 Å². The monoisotopic (exact) mass is 132 g/mol. The van der Waals surface area contributed by atoms with E-state index in [0.29, 0.717) is 12.8 Å². The van der Waals surface area contributed by atoms with E-state index in [-0.39, 0.29) is 13.2 Å². The van der Waals surface area contributed by atoms with E-state index in [1.54, 1.807) is 0 Å². The lowest BCUT2D eigenvalue weighted by Gasteiger charge is -2.35. The van der Waals surface area contributed by atoms with E-state index >= 15 is 0 Å². The molecule has 3 heteroatoms. The Balaban J connectivity index is 2.09. The van der Waals surface area contributed by atoms with Crippen LogP contribution < -0.4 is 0 Å². The molecule has 54 valence electrons. The minimum Gasteiger partial charge on any atom is -0.394 e. The lowest BCUT2D eigenvalue weighted by Crippen LogP contribution is -2.40. The standard InChI is InChI=1S/C6H12O3/c7-4-5-9-6(8)2-1-3-6/h7-8H,1-5H2. The summed E-state index contributed by atoms with van der Waals surface area (Å²) in [7, 11) is 0. The van der Waals surface area contributed by atoms with Crippen LogP contribution >= 0.6 is 0 Å². The van der Waals surface area contributed by atoms with Crippen molar-refractivity contribution in [3.05, 3.63) is 0 Å². The first kappa shape index (κ1) is 6.99. The van der Waals surface area contributed by atoms with Crippen molar-refractivity contribution >= 4 is 0 Å². The summed E-state index contributed by atoms with van der Waals surface area (Å²) in [5.74, 6) is -0.886. The van der Waals surface area contributed by atoms with Gasteiger partial charge in [0.1, 0.15) is 0 Å². The van der Waals surface area contributed by atoms with Crippen LogP contribution in [0.2, 0.25) is 0 Å². The summed E-state index contributed by atoms with van der Waals surface area (Å²) in [5.41, 5.74) is 0. The van der Waals surface area contributed by atoms with Crippen molar-refractivity contribution in [2.75, 3.05) is 13.2 Å². The molecule has 0 aliphatic heterocycles. The highest BCUT2D eigenvalue weighted by molar-refractivity contribution is 4.77. The SMILES string of the molecule is OCCOC1(O)CCC1. The molecule has 1 rings (SSSR count). The summed E-state index contributed by atoms with van der Waals surface area (Å²) >= 11 is 0. The number of rotatable bonds is 3. The summed E-state index contributed by atoms with van der Waals surface area (Å²) in [6, 6.07) is 0. The van der Waals surface area contributed by atoms with Gasteiger partial charge in [0.05, 0.1) is 13.2 Å². The lowest BCUT2D eigenvalue weighted by molar-refractivity contribution is -0.249. The molecule has 0 saturated heterocycles. The van der Waals surface area contributed by atoms with E-state index in [1.807, 2.05) is 0 Å². The summed E-state index contributed by atoms with van der Waals surface area (Å²) in [4.78, 5) is 0. The zero-order chi connectivity index (χ0) is 6.74. The van der Waals surface area contributed by atoms with Gasteiger partial charge in [0.2, 0.25) is 0 Å². The molecule has 1 aliphatic carbocycles. The maximum absolute atomic E-state index is 9.21. The molecule has 0 aromatic carbocycles. The van der Waals surface area contributed by atoms with Crippen molar-refractivity contribution in [2.45, 2.75) is 25.0 Å². The van der Waals surface area contributed by atoms with E-state index < -0.39 is 5.79 Å². The van der Waals surface area contributed by atoms with Crippen LogP contribution in [0.25, 0.3) is 0 Å². The van der Waals surface area contributed by atoms with Crippen LogP contribution in [0.3, 0.4) is 0 Å². The third kappa shape index (κ3) is 1.64. The first-order chi connectivity index (χ1) is 4.27. The van der Waals surface area contributed by atoms with Gasteiger partial charge in [-0.3, -0.25) is 0 Å².